The molecule has 22 heavy (non-hydrogen) atoms. The van der Waals surface area contributed by atoms with Gasteiger partial charge >= 0.3 is 0 Å². The molecule has 1 saturated heterocycles. The smallest absolute Gasteiger partial charge is 0.126 e. The molecule has 3 nitrogen and oxygen atoms in total. The fourth-order valence-corrected chi connectivity index (χ4v) is 3.11. The minimum atomic E-state index is -0.719. The number of aliphatic hydroxyl groups excluding tert-OH is 1. The van der Waals surface area contributed by atoms with E-state index in [2.05, 4.69) is 0 Å². The van der Waals surface area contributed by atoms with Crippen LogP contribution in [-0.4, -0.2) is 39.6 Å². The Kier molecular flexibility index (Phi) is 8.75. The van der Waals surface area contributed by atoms with E-state index in [1.807, 2.05) is 11.2 Å². The lowest BCUT2D eigenvalue weighted by Gasteiger charge is -2.22. The summed E-state index contributed by atoms with van der Waals surface area (Å²) in [5.74, 6) is -1.16. The summed E-state index contributed by atoms with van der Waals surface area (Å²) < 4.78 is 38.3. The first kappa shape index (κ1) is 19.2. The van der Waals surface area contributed by atoms with Gasteiger partial charge in [0.2, 0.25) is 0 Å². The van der Waals surface area contributed by atoms with Gasteiger partial charge in [-0.3, -0.25) is 0 Å². The maximum absolute atomic E-state index is 12.7. The van der Waals surface area contributed by atoms with Gasteiger partial charge in [-0.2, -0.15) is 0 Å². The minimum absolute atomic E-state index is 0.0183. The highest BCUT2D eigenvalue weighted by Crippen LogP contribution is 2.20. The van der Waals surface area contributed by atoms with Crippen molar-refractivity contribution in [1.82, 2.24) is 4.31 Å². The maximum atomic E-state index is 12.7. The monoisotopic (exact) mass is 333 g/mol. The molecule has 1 heterocycles. The molecule has 1 aromatic rings. The van der Waals surface area contributed by atoms with Crippen molar-refractivity contribution in [3.05, 3.63) is 35.4 Å². The molecule has 126 valence electrons. The van der Waals surface area contributed by atoms with Crippen molar-refractivity contribution in [2.45, 2.75) is 38.5 Å². The first-order valence-electron chi connectivity index (χ1n) is 7.59. The summed E-state index contributed by atoms with van der Waals surface area (Å²) in [5.41, 5.74) is 0.589. The van der Waals surface area contributed by atoms with Crippen LogP contribution in [0.25, 0.3) is 0 Å². The molecule has 0 bridgehead atoms. The van der Waals surface area contributed by atoms with Gasteiger partial charge in [-0.15, -0.1) is 0 Å². The molecule has 0 aromatic heterocycles. The van der Waals surface area contributed by atoms with Gasteiger partial charge in [0.1, 0.15) is 11.6 Å². The SMILES string of the molecule is CC(CCO)c1cc(F)cc(F)c1.CS(=O)N1CCCCC1. The summed E-state index contributed by atoms with van der Waals surface area (Å²) in [6, 6.07) is 3.43. The van der Waals surface area contributed by atoms with Crippen molar-refractivity contribution in [1.29, 1.82) is 0 Å². The van der Waals surface area contributed by atoms with Gasteiger partial charge in [-0.1, -0.05) is 13.3 Å². The van der Waals surface area contributed by atoms with Gasteiger partial charge in [0.05, 0.1) is 11.0 Å². The summed E-state index contributed by atoms with van der Waals surface area (Å²) in [7, 11) is -0.719. The van der Waals surface area contributed by atoms with Gasteiger partial charge < -0.3 is 5.11 Å². The third-order valence-corrected chi connectivity index (χ3v) is 4.79. The molecule has 1 aliphatic heterocycles. The van der Waals surface area contributed by atoms with Crippen LogP contribution in [-0.2, 0) is 11.0 Å². The predicted molar refractivity (Wildman–Crippen MR) is 86.0 cm³/mol. The van der Waals surface area contributed by atoms with Crippen LogP contribution in [0, 0.1) is 11.6 Å². The van der Waals surface area contributed by atoms with E-state index in [0.29, 0.717) is 12.0 Å². The Labute approximate surface area is 133 Å². The molecule has 2 atom stereocenters. The molecule has 1 N–H and O–H groups in total. The van der Waals surface area contributed by atoms with Gasteiger partial charge in [0, 0.05) is 32.0 Å². The van der Waals surface area contributed by atoms with Crippen molar-refractivity contribution in [2.24, 2.45) is 0 Å². The highest BCUT2D eigenvalue weighted by Gasteiger charge is 2.11. The van der Waals surface area contributed by atoms with Crippen LogP contribution in [0.15, 0.2) is 18.2 Å². The Morgan fingerprint density at radius 3 is 2.14 bits per heavy atom. The van der Waals surface area contributed by atoms with Crippen LogP contribution in [0.3, 0.4) is 0 Å². The Bertz CT molecular complexity index is 459. The molecular formula is C16H25F2NO2S. The lowest BCUT2D eigenvalue weighted by Crippen LogP contribution is -2.30. The Morgan fingerprint density at radius 2 is 1.73 bits per heavy atom. The fourth-order valence-electron chi connectivity index (χ4n) is 2.34. The fraction of sp³-hybridized carbons (Fsp3) is 0.625. The molecule has 0 spiro atoms. The summed E-state index contributed by atoms with van der Waals surface area (Å²) in [4.78, 5) is 0. The molecule has 1 aromatic carbocycles. The molecule has 0 radical (unpaired) electrons. The van der Waals surface area contributed by atoms with Crippen LogP contribution < -0.4 is 0 Å². The van der Waals surface area contributed by atoms with Crippen LogP contribution in [0.1, 0.15) is 44.1 Å². The number of hydrogen-bond acceptors (Lipinski definition) is 2. The summed E-state index contributed by atoms with van der Waals surface area (Å²) in [6.45, 7) is 3.91. The van der Waals surface area contributed by atoms with Crippen molar-refractivity contribution in [3.63, 3.8) is 0 Å². The van der Waals surface area contributed by atoms with E-state index in [0.717, 1.165) is 19.2 Å². The first-order chi connectivity index (χ1) is 10.4. The van der Waals surface area contributed by atoms with Crippen molar-refractivity contribution in [3.8, 4) is 0 Å². The predicted octanol–water partition coefficient (Wildman–Crippen LogP) is 3.22. The normalized spacial score (nSPS) is 18.2. The number of rotatable bonds is 4. The van der Waals surface area contributed by atoms with E-state index in [4.69, 9.17) is 5.11 Å². The van der Waals surface area contributed by atoms with Crippen LogP contribution in [0.2, 0.25) is 0 Å². The molecule has 0 amide bonds. The number of piperidine rings is 1. The minimum Gasteiger partial charge on any atom is -0.396 e. The van der Waals surface area contributed by atoms with E-state index in [1.165, 1.54) is 31.4 Å². The molecular weight excluding hydrogens is 308 g/mol. The van der Waals surface area contributed by atoms with E-state index >= 15 is 0 Å². The van der Waals surface area contributed by atoms with Crippen molar-refractivity contribution >= 4 is 11.0 Å². The Morgan fingerprint density at radius 1 is 1.18 bits per heavy atom. The second kappa shape index (κ2) is 10.0. The van der Waals surface area contributed by atoms with Crippen LogP contribution >= 0.6 is 0 Å². The highest BCUT2D eigenvalue weighted by molar-refractivity contribution is 7.81. The number of nitrogens with zero attached hydrogens (tertiary/aromatic N) is 1. The Balaban J connectivity index is 0.000000235. The maximum Gasteiger partial charge on any atom is 0.126 e. The lowest BCUT2D eigenvalue weighted by molar-refractivity contribution is 0.278. The molecule has 1 fully saturated rings. The zero-order valence-corrected chi connectivity index (χ0v) is 14.0. The van der Waals surface area contributed by atoms with E-state index < -0.39 is 22.6 Å². The summed E-state index contributed by atoms with van der Waals surface area (Å²) in [5, 5.41) is 8.65. The second-order valence-corrected chi connectivity index (χ2v) is 6.89. The summed E-state index contributed by atoms with van der Waals surface area (Å²) >= 11 is 0. The average Bonchev–Trinajstić information content (AvgIpc) is 2.48. The Hall–Kier alpha value is -0.850. The number of halogens is 2. The third kappa shape index (κ3) is 6.94. The van der Waals surface area contributed by atoms with Crippen molar-refractivity contribution in [2.75, 3.05) is 26.0 Å². The number of aliphatic hydroxyl groups is 1. The van der Waals surface area contributed by atoms with Crippen molar-refractivity contribution < 1.29 is 18.1 Å². The summed E-state index contributed by atoms with van der Waals surface area (Å²) in [6.07, 6.45) is 6.03. The van der Waals surface area contributed by atoms with E-state index in [1.54, 1.807) is 6.26 Å². The first-order valence-corrected chi connectivity index (χ1v) is 9.11. The van der Waals surface area contributed by atoms with E-state index in [-0.39, 0.29) is 12.5 Å². The van der Waals surface area contributed by atoms with Crippen LogP contribution in [0.4, 0.5) is 8.78 Å². The average molecular weight is 333 g/mol. The number of benzene rings is 1. The van der Waals surface area contributed by atoms with Crippen LogP contribution in [0.5, 0.6) is 0 Å². The zero-order chi connectivity index (χ0) is 16.5. The van der Waals surface area contributed by atoms with Gasteiger partial charge in [0.25, 0.3) is 0 Å². The molecule has 1 aliphatic rings. The van der Waals surface area contributed by atoms with Gasteiger partial charge in [0.15, 0.2) is 0 Å². The van der Waals surface area contributed by atoms with E-state index in [9.17, 15) is 13.0 Å². The highest BCUT2D eigenvalue weighted by atomic mass is 32.2. The molecule has 6 heteroatoms. The molecule has 0 saturated carbocycles. The molecule has 2 unspecified atom stereocenters. The second-order valence-electron chi connectivity index (χ2n) is 5.53. The standard InChI is InChI=1S/C10H12F2O.C6H13NOS/c1-7(2-3-13)8-4-9(11)6-10(12)5-8;1-9(8)7-5-3-2-4-6-7/h4-7,13H,2-3H2,1H3;2-6H2,1H3. The van der Waals surface area contributed by atoms with Gasteiger partial charge in [-0.25, -0.2) is 17.3 Å². The third-order valence-electron chi connectivity index (χ3n) is 3.69. The van der Waals surface area contributed by atoms with Gasteiger partial charge in [-0.05, 0) is 42.9 Å². The number of hydrogen-bond donors (Lipinski definition) is 1. The molecule has 0 aliphatic carbocycles. The quantitative estimate of drug-likeness (QED) is 0.919. The largest absolute Gasteiger partial charge is 0.396 e. The zero-order valence-electron chi connectivity index (χ0n) is 13.2. The lowest BCUT2D eigenvalue weighted by atomic mass is 9.98. The topological polar surface area (TPSA) is 40.5 Å². The molecule has 2 rings (SSSR count).